The van der Waals surface area contributed by atoms with Crippen molar-refractivity contribution in [2.45, 2.75) is 24.9 Å². The van der Waals surface area contributed by atoms with Crippen LogP contribution < -0.4 is 4.74 Å². The van der Waals surface area contributed by atoms with E-state index in [9.17, 15) is 5.11 Å². The Kier molecular flexibility index (Phi) is 6.25. The Bertz CT molecular complexity index is 800. The van der Waals surface area contributed by atoms with Crippen molar-refractivity contribution in [3.8, 4) is 5.75 Å². The van der Waals surface area contributed by atoms with Crippen LogP contribution >= 0.6 is 11.6 Å². The molecule has 3 nitrogen and oxygen atoms in total. The zero-order valence-electron chi connectivity index (χ0n) is 16.3. The first-order chi connectivity index (χ1) is 12.9. The summed E-state index contributed by atoms with van der Waals surface area (Å²) in [6, 6.07) is 15.8. The maximum absolute atomic E-state index is 11.8. The molecule has 4 heteroatoms. The second kappa shape index (κ2) is 8.47. The smallest absolute Gasteiger partial charge is 0.118 e. The molecule has 0 saturated heterocycles. The molecule has 0 heterocycles. The lowest BCUT2D eigenvalue weighted by molar-refractivity contribution is 0.0257. The van der Waals surface area contributed by atoms with E-state index in [-0.39, 0.29) is 5.92 Å². The standard InChI is InChI=1S/C23H28ClNO2/c1-25(2)16-20-11-10-19(14-17-8-12-21(27-3)13-9-17)23(20,26)15-18-6-4-5-7-22(18)24/h4-9,12-14,20,26H,10-11,15-16H2,1-3H3. The van der Waals surface area contributed by atoms with Crippen molar-refractivity contribution in [3.63, 3.8) is 0 Å². The number of hydrogen-bond donors (Lipinski definition) is 1. The highest BCUT2D eigenvalue weighted by atomic mass is 35.5. The van der Waals surface area contributed by atoms with Crippen LogP contribution in [0.1, 0.15) is 24.0 Å². The molecular weight excluding hydrogens is 358 g/mol. The molecule has 1 aliphatic carbocycles. The lowest BCUT2D eigenvalue weighted by Gasteiger charge is -2.34. The average Bonchev–Trinajstić information content (AvgIpc) is 2.93. The van der Waals surface area contributed by atoms with Gasteiger partial charge < -0.3 is 14.7 Å². The van der Waals surface area contributed by atoms with Crippen LogP contribution in [0.3, 0.4) is 0 Å². The molecule has 2 aromatic rings. The molecule has 1 N–H and O–H groups in total. The van der Waals surface area contributed by atoms with Crippen LogP contribution in [0.15, 0.2) is 54.1 Å². The van der Waals surface area contributed by atoms with Gasteiger partial charge in [0, 0.05) is 23.9 Å². The Labute approximate surface area is 167 Å². The predicted molar refractivity (Wildman–Crippen MR) is 112 cm³/mol. The van der Waals surface area contributed by atoms with Gasteiger partial charge in [0.05, 0.1) is 12.7 Å². The van der Waals surface area contributed by atoms with E-state index < -0.39 is 5.60 Å². The molecule has 1 saturated carbocycles. The zero-order valence-corrected chi connectivity index (χ0v) is 17.0. The summed E-state index contributed by atoms with van der Waals surface area (Å²) < 4.78 is 5.24. The number of methoxy groups -OCH3 is 1. The molecule has 1 aliphatic rings. The van der Waals surface area contributed by atoms with Gasteiger partial charge in [-0.2, -0.15) is 0 Å². The Morgan fingerprint density at radius 2 is 1.89 bits per heavy atom. The predicted octanol–water partition coefficient (Wildman–Crippen LogP) is 4.68. The molecule has 1 fully saturated rings. The van der Waals surface area contributed by atoms with Crippen molar-refractivity contribution in [3.05, 3.63) is 70.3 Å². The van der Waals surface area contributed by atoms with Gasteiger partial charge in [-0.05, 0) is 61.8 Å². The number of rotatable bonds is 6. The Balaban J connectivity index is 1.95. The van der Waals surface area contributed by atoms with Crippen LogP contribution in [-0.4, -0.2) is 43.4 Å². The monoisotopic (exact) mass is 385 g/mol. The second-order valence-corrected chi connectivity index (χ2v) is 8.04. The van der Waals surface area contributed by atoms with Gasteiger partial charge in [-0.3, -0.25) is 0 Å². The number of hydrogen-bond acceptors (Lipinski definition) is 3. The van der Waals surface area contributed by atoms with Gasteiger partial charge >= 0.3 is 0 Å². The minimum Gasteiger partial charge on any atom is -0.497 e. The minimum atomic E-state index is -0.894. The van der Waals surface area contributed by atoms with Gasteiger partial charge in [-0.1, -0.05) is 48.0 Å². The third kappa shape index (κ3) is 4.55. The molecule has 2 aromatic carbocycles. The summed E-state index contributed by atoms with van der Waals surface area (Å²) in [6.45, 7) is 0.848. The van der Waals surface area contributed by atoms with Crippen LogP contribution in [0.25, 0.3) is 6.08 Å². The normalized spacial score (nSPS) is 23.9. The topological polar surface area (TPSA) is 32.7 Å². The number of benzene rings is 2. The molecule has 0 bridgehead atoms. The maximum atomic E-state index is 11.8. The molecule has 3 rings (SSSR count). The third-order valence-corrected chi connectivity index (χ3v) is 5.82. The molecule has 2 unspecified atom stereocenters. The van der Waals surface area contributed by atoms with Gasteiger partial charge in [-0.15, -0.1) is 0 Å². The summed E-state index contributed by atoms with van der Waals surface area (Å²) in [5.41, 5.74) is 2.26. The van der Waals surface area contributed by atoms with Crippen molar-refractivity contribution >= 4 is 17.7 Å². The van der Waals surface area contributed by atoms with Crippen molar-refractivity contribution < 1.29 is 9.84 Å². The number of nitrogens with zero attached hydrogens (tertiary/aromatic N) is 1. The van der Waals surface area contributed by atoms with E-state index in [4.69, 9.17) is 16.3 Å². The van der Waals surface area contributed by atoms with Crippen LogP contribution in [0, 0.1) is 5.92 Å². The van der Waals surface area contributed by atoms with E-state index in [2.05, 4.69) is 25.1 Å². The van der Waals surface area contributed by atoms with Gasteiger partial charge in [0.25, 0.3) is 0 Å². The van der Waals surface area contributed by atoms with Crippen molar-refractivity contribution in [2.24, 2.45) is 5.92 Å². The molecule has 0 aromatic heterocycles. The zero-order chi connectivity index (χ0) is 19.4. The van der Waals surface area contributed by atoms with Crippen molar-refractivity contribution in [1.29, 1.82) is 0 Å². The summed E-state index contributed by atoms with van der Waals surface area (Å²) in [6.07, 6.45) is 4.53. The largest absolute Gasteiger partial charge is 0.497 e. The maximum Gasteiger partial charge on any atom is 0.118 e. The van der Waals surface area contributed by atoms with Gasteiger partial charge in [0.15, 0.2) is 0 Å². The van der Waals surface area contributed by atoms with Crippen LogP contribution in [0.4, 0.5) is 0 Å². The van der Waals surface area contributed by atoms with Gasteiger partial charge in [0.2, 0.25) is 0 Å². The third-order valence-electron chi connectivity index (χ3n) is 5.45. The summed E-state index contributed by atoms with van der Waals surface area (Å²) in [4.78, 5) is 2.15. The summed E-state index contributed by atoms with van der Waals surface area (Å²) >= 11 is 6.40. The second-order valence-electron chi connectivity index (χ2n) is 7.63. The van der Waals surface area contributed by atoms with E-state index in [1.165, 1.54) is 0 Å². The summed E-state index contributed by atoms with van der Waals surface area (Å²) in [5.74, 6) is 1.01. The molecule has 0 aliphatic heterocycles. The van der Waals surface area contributed by atoms with E-state index >= 15 is 0 Å². The van der Waals surface area contributed by atoms with Gasteiger partial charge in [0.1, 0.15) is 5.75 Å². The molecule has 0 amide bonds. The fourth-order valence-corrected chi connectivity index (χ4v) is 4.22. The molecule has 144 valence electrons. The first-order valence-electron chi connectivity index (χ1n) is 9.38. The summed E-state index contributed by atoms with van der Waals surface area (Å²) in [5, 5.41) is 12.5. The lowest BCUT2D eigenvalue weighted by atomic mass is 9.81. The quantitative estimate of drug-likeness (QED) is 0.783. The number of ether oxygens (including phenoxy) is 1. The molecular formula is C23H28ClNO2. The average molecular weight is 386 g/mol. The van der Waals surface area contributed by atoms with E-state index in [1.807, 2.05) is 48.5 Å². The minimum absolute atomic E-state index is 0.174. The highest BCUT2D eigenvalue weighted by Crippen LogP contribution is 2.44. The summed E-state index contributed by atoms with van der Waals surface area (Å²) in [7, 11) is 5.78. The lowest BCUT2D eigenvalue weighted by Crippen LogP contribution is -2.42. The fourth-order valence-electron chi connectivity index (χ4n) is 4.02. The van der Waals surface area contributed by atoms with E-state index in [0.717, 1.165) is 41.8 Å². The van der Waals surface area contributed by atoms with E-state index in [1.54, 1.807) is 7.11 Å². The van der Waals surface area contributed by atoms with Crippen LogP contribution in [0.5, 0.6) is 5.75 Å². The van der Waals surface area contributed by atoms with Crippen LogP contribution in [-0.2, 0) is 6.42 Å². The number of aliphatic hydroxyl groups is 1. The highest BCUT2D eigenvalue weighted by molar-refractivity contribution is 6.31. The van der Waals surface area contributed by atoms with E-state index in [0.29, 0.717) is 11.4 Å². The Hall–Kier alpha value is -1.81. The Morgan fingerprint density at radius 3 is 2.52 bits per heavy atom. The van der Waals surface area contributed by atoms with Gasteiger partial charge in [-0.25, -0.2) is 0 Å². The Morgan fingerprint density at radius 1 is 1.19 bits per heavy atom. The fraction of sp³-hybridized carbons (Fsp3) is 0.391. The highest BCUT2D eigenvalue weighted by Gasteiger charge is 2.45. The first kappa shape index (κ1) is 19.9. The number of halogens is 1. The first-order valence-corrected chi connectivity index (χ1v) is 9.76. The molecule has 2 atom stereocenters. The SMILES string of the molecule is COc1ccc(C=C2CCC(CN(C)C)C2(O)Cc2ccccc2Cl)cc1. The molecule has 0 radical (unpaired) electrons. The molecule has 27 heavy (non-hydrogen) atoms. The van der Waals surface area contributed by atoms with Crippen LogP contribution in [0.2, 0.25) is 5.02 Å². The molecule has 0 spiro atoms. The van der Waals surface area contributed by atoms with Crippen molar-refractivity contribution in [2.75, 3.05) is 27.7 Å². The van der Waals surface area contributed by atoms with Crippen molar-refractivity contribution in [1.82, 2.24) is 4.90 Å².